The highest BCUT2D eigenvalue weighted by Gasteiger charge is 2.32. The van der Waals surface area contributed by atoms with Crippen LogP contribution in [0, 0.1) is 11.8 Å². The molecule has 4 nitrogen and oxygen atoms in total. The van der Waals surface area contributed by atoms with Crippen molar-refractivity contribution in [2.75, 3.05) is 0 Å². The molecule has 0 radical (unpaired) electrons. The van der Waals surface area contributed by atoms with Crippen molar-refractivity contribution < 1.29 is 4.79 Å². The van der Waals surface area contributed by atoms with Gasteiger partial charge in [-0.25, -0.2) is 10.2 Å². The minimum absolute atomic E-state index is 0.561. The summed E-state index contributed by atoms with van der Waals surface area (Å²) in [6.45, 7) is 0. The van der Waals surface area contributed by atoms with Crippen LogP contribution < -0.4 is 11.2 Å². The third-order valence-corrected chi connectivity index (χ3v) is 3.13. The topological polar surface area (TPSA) is 67.5 Å². The Morgan fingerprint density at radius 1 is 1.38 bits per heavy atom. The van der Waals surface area contributed by atoms with Crippen molar-refractivity contribution in [3.63, 3.8) is 0 Å². The summed E-state index contributed by atoms with van der Waals surface area (Å²) in [5.41, 5.74) is 8.43. The van der Waals surface area contributed by atoms with Crippen molar-refractivity contribution in [2.24, 2.45) is 22.7 Å². The van der Waals surface area contributed by atoms with Crippen LogP contribution in [0.4, 0.5) is 4.79 Å². The van der Waals surface area contributed by atoms with Crippen LogP contribution in [0.15, 0.2) is 5.10 Å². The molecule has 3 aliphatic rings. The highest BCUT2D eigenvalue weighted by molar-refractivity contribution is 5.89. The summed E-state index contributed by atoms with van der Waals surface area (Å²) in [6, 6.07) is -0.561. The number of rotatable bonds is 1. The van der Waals surface area contributed by atoms with Gasteiger partial charge in [-0.15, -0.1) is 0 Å². The largest absolute Gasteiger partial charge is 0.350 e. The van der Waals surface area contributed by atoms with Crippen LogP contribution in [-0.2, 0) is 0 Å². The van der Waals surface area contributed by atoms with Crippen molar-refractivity contribution >= 4 is 11.7 Å². The molecule has 13 heavy (non-hydrogen) atoms. The zero-order valence-corrected chi connectivity index (χ0v) is 7.62. The van der Waals surface area contributed by atoms with Crippen LogP contribution in [0.3, 0.4) is 0 Å². The number of carbonyl (C=O) groups excluding carboxylic acids is 1. The fourth-order valence-electron chi connectivity index (χ4n) is 2.43. The Hall–Kier alpha value is -1.06. The van der Waals surface area contributed by atoms with Crippen LogP contribution >= 0.6 is 0 Å². The molecule has 0 aromatic rings. The van der Waals surface area contributed by atoms with Crippen LogP contribution in [0.25, 0.3) is 0 Å². The van der Waals surface area contributed by atoms with Crippen molar-refractivity contribution in [2.45, 2.75) is 32.1 Å². The average molecular weight is 181 g/mol. The van der Waals surface area contributed by atoms with Crippen molar-refractivity contribution in [3.05, 3.63) is 0 Å². The third-order valence-electron chi connectivity index (χ3n) is 3.13. The first-order valence-corrected chi connectivity index (χ1v) is 4.87. The van der Waals surface area contributed by atoms with Gasteiger partial charge in [0.2, 0.25) is 0 Å². The van der Waals surface area contributed by atoms with Crippen molar-refractivity contribution in [1.82, 2.24) is 5.43 Å². The highest BCUT2D eigenvalue weighted by Crippen LogP contribution is 2.39. The summed E-state index contributed by atoms with van der Waals surface area (Å²) in [7, 11) is 0. The lowest BCUT2D eigenvalue weighted by atomic mass is 9.70. The van der Waals surface area contributed by atoms with E-state index >= 15 is 0 Å². The number of hydrogen-bond donors (Lipinski definition) is 2. The molecule has 3 fully saturated rings. The maximum absolute atomic E-state index is 10.5. The third kappa shape index (κ3) is 1.82. The summed E-state index contributed by atoms with van der Waals surface area (Å²) < 4.78 is 0. The van der Waals surface area contributed by atoms with Gasteiger partial charge >= 0.3 is 6.03 Å². The van der Waals surface area contributed by atoms with Gasteiger partial charge in [0.05, 0.1) is 0 Å². The number of urea groups is 1. The van der Waals surface area contributed by atoms with Crippen LogP contribution in [0.5, 0.6) is 0 Å². The highest BCUT2D eigenvalue weighted by atomic mass is 16.2. The summed E-state index contributed by atoms with van der Waals surface area (Å²) in [6.07, 6.45) is 6.21. The molecule has 0 atom stereocenters. The predicted octanol–water partition coefficient (Wildman–Crippen LogP) is 1.22. The number of primary amides is 1. The van der Waals surface area contributed by atoms with Gasteiger partial charge < -0.3 is 5.73 Å². The van der Waals surface area contributed by atoms with E-state index < -0.39 is 6.03 Å². The lowest BCUT2D eigenvalue weighted by Crippen LogP contribution is -2.34. The second kappa shape index (κ2) is 3.36. The van der Waals surface area contributed by atoms with E-state index in [-0.39, 0.29) is 0 Å². The molecule has 0 aromatic heterocycles. The summed E-state index contributed by atoms with van der Waals surface area (Å²) in [5.74, 6) is 1.41. The molecule has 0 spiro atoms. The molecule has 72 valence electrons. The van der Waals surface area contributed by atoms with Gasteiger partial charge in [-0.1, -0.05) is 0 Å². The van der Waals surface area contributed by atoms with Crippen LogP contribution in [0.1, 0.15) is 32.1 Å². The zero-order valence-electron chi connectivity index (χ0n) is 7.62. The number of carbonyl (C=O) groups is 1. The smallest absolute Gasteiger partial charge is 0.332 e. The number of hydrogen-bond acceptors (Lipinski definition) is 2. The molecule has 3 N–H and O–H groups in total. The maximum Gasteiger partial charge on any atom is 0.332 e. The van der Waals surface area contributed by atoms with Gasteiger partial charge in [-0.05, 0) is 43.9 Å². The van der Waals surface area contributed by atoms with Gasteiger partial charge in [0.25, 0.3) is 0 Å². The Bertz CT molecular complexity index is 241. The quantitative estimate of drug-likeness (QED) is 0.587. The molecule has 0 unspecified atom stereocenters. The fourth-order valence-corrected chi connectivity index (χ4v) is 2.43. The first-order valence-electron chi connectivity index (χ1n) is 4.87. The molecule has 2 bridgehead atoms. The van der Waals surface area contributed by atoms with Crippen LogP contribution in [-0.4, -0.2) is 11.7 Å². The molecule has 2 amide bonds. The minimum atomic E-state index is -0.561. The van der Waals surface area contributed by atoms with Gasteiger partial charge in [0.1, 0.15) is 0 Å². The summed E-state index contributed by atoms with van der Waals surface area (Å²) in [4.78, 5) is 10.5. The number of nitrogens with zero attached hydrogens (tertiary/aromatic N) is 1. The van der Waals surface area contributed by atoms with E-state index in [1.54, 1.807) is 0 Å². The Kier molecular flexibility index (Phi) is 2.20. The number of nitrogens with two attached hydrogens (primary N) is 1. The molecule has 0 aromatic carbocycles. The molecular formula is C9H15N3O. The first kappa shape index (κ1) is 8.53. The van der Waals surface area contributed by atoms with E-state index in [1.807, 2.05) is 0 Å². The lowest BCUT2D eigenvalue weighted by Gasteiger charge is -2.36. The van der Waals surface area contributed by atoms with Crippen molar-refractivity contribution in [3.8, 4) is 0 Å². The predicted molar refractivity (Wildman–Crippen MR) is 50.2 cm³/mol. The minimum Gasteiger partial charge on any atom is -0.350 e. The Morgan fingerprint density at radius 3 is 2.54 bits per heavy atom. The molecule has 3 aliphatic carbocycles. The van der Waals surface area contributed by atoms with E-state index in [0.717, 1.165) is 18.1 Å². The molecule has 3 rings (SSSR count). The van der Waals surface area contributed by atoms with Gasteiger partial charge in [0, 0.05) is 5.71 Å². The average Bonchev–Trinajstić information content (AvgIpc) is 2.17. The number of fused-ring (bicyclic) bond motifs is 3. The molecule has 0 saturated heterocycles. The number of hydrazone groups is 1. The maximum atomic E-state index is 10.5. The summed E-state index contributed by atoms with van der Waals surface area (Å²) >= 11 is 0. The second-order valence-electron chi connectivity index (χ2n) is 4.00. The SMILES string of the molecule is NC(=O)N/N=C1/CC2CCC1CC2. The second-order valence-corrected chi connectivity index (χ2v) is 4.00. The van der Waals surface area contributed by atoms with Gasteiger partial charge in [-0.2, -0.15) is 5.10 Å². The van der Waals surface area contributed by atoms with E-state index in [1.165, 1.54) is 25.7 Å². The van der Waals surface area contributed by atoms with Crippen LogP contribution in [0.2, 0.25) is 0 Å². The van der Waals surface area contributed by atoms with Gasteiger partial charge in [0.15, 0.2) is 0 Å². The molecule has 0 heterocycles. The lowest BCUT2D eigenvalue weighted by molar-refractivity contribution is 0.248. The van der Waals surface area contributed by atoms with E-state index in [2.05, 4.69) is 10.5 Å². The number of amides is 2. The Morgan fingerprint density at radius 2 is 2.08 bits per heavy atom. The zero-order chi connectivity index (χ0) is 9.26. The van der Waals surface area contributed by atoms with E-state index in [9.17, 15) is 4.79 Å². The van der Waals surface area contributed by atoms with E-state index in [0.29, 0.717) is 5.92 Å². The fraction of sp³-hybridized carbons (Fsp3) is 0.778. The monoisotopic (exact) mass is 181 g/mol. The first-order chi connectivity index (χ1) is 6.25. The Balaban J connectivity index is 2.00. The Labute approximate surface area is 77.6 Å². The normalized spacial score (nSPS) is 34.9. The summed E-state index contributed by atoms with van der Waals surface area (Å²) in [5, 5.41) is 4.06. The molecule has 4 heteroatoms. The molecule has 3 saturated carbocycles. The number of nitrogens with one attached hydrogen (secondary N) is 1. The van der Waals surface area contributed by atoms with E-state index in [4.69, 9.17) is 5.73 Å². The standard InChI is InChI=1S/C9H15N3O/c10-9(13)12-11-8-5-6-1-3-7(8)4-2-6/h6-7H,1-5H2,(H3,10,12,13)/b11-8-. The molecular weight excluding hydrogens is 166 g/mol. The van der Waals surface area contributed by atoms with Gasteiger partial charge in [-0.3, -0.25) is 0 Å². The molecule has 0 aliphatic heterocycles. The van der Waals surface area contributed by atoms with Crippen molar-refractivity contribution in [1.29, 1.82) is 0 Å².